The van der Waals surface area contributed by atoms with Crippen LogP contribution in [0.4, 0.5) is 17.6 Å². The van der Waals surface area contributed by atoms with Gasteiger partial charge in [0.25, 0.3) is 5.56 Å². The third kappa shape index (κ3) is 4.30. The SMILES string of the molecule is Cc1c(Cc2c(F)cccc2C(F)(F)F)c2n(c(=O)c1I)C(C(N)c1ccccc1)C(C)(C)S2. The van der Waals surface area contributed by atoms with Crippen LogP contribution in [0.3, 0.4) is 0 Å². The molecule has 0 amide bonds. The number of nitrogens with zero attached hydrogens (tertiary/aromatic N) is 1. The molecule has 0 radical (unpaired) electrons. The maximum absolute atomic E-state index is 14.7. The Balaban J connectivity index is 1.93. The zero-order chi connectivity index (χ0) is 25.0. The fourth-order valence-corrected chi connectivity index (χ4v) is 6.72. The summed E-state index contributed by atoms with van der Waals surface area (Å²) in [5.74, 6) is -0.922. The Morgan fingerprint density at radius 3 is 2.38 bits per heavy atom. The molecule has 2 N–H and O–H groups in total. The van der Waals surface area contributed by atoms with E-state index in [2.05, 4.69) is 0 Å². The van der Waals surface area contributed by atoms with Gasteiger partial charge in [0.15, 0.2) is 0 Å². The highest BCUT2D eigenvalue weighted by Crippen LogP contribution is 2.53. The van der Waals surface area contributed by atoms with Crippen molar-refractivity contribution in [3.8, 4) is 0 Å². The van der Waals surface area contributed by atoms with Gasteiger partial charge in [-0.15, -0.1) is 0 Å². The normalized spacial score (nSPS) is 18.1. The van der Waals surface area contributed by atoms with Gasteiger partial charge in [-0.25, -0.2) is 4.39 Å². The zero-order valence-corrected chi connectivity index (χ0v) is 21.7. The predicted molar refractivity (Wildman–Crippen MR) is 135 cm³/mol. The second-order valence-corrected chi connectivity index (χ2v) is 11.6. The summed E-state index contributed by atoms with van der Waals surface area (Å²) in [4.78, 5) is 13.4. The molecule has 2 unspecified atom stereocenters. The Labute approximate surface area is 212 Å². The second-order valence-electron chi connectivity index (χ2n) is 8.93. The van der Waals surface area contributed by atoms with Crippen LogP contribution in [0.2, 0.25) is 0 Å². The maximum Gasteiger partial charge on any atom is 0.416 e. The lowest BCUT2D eigenvalue weighted by Gasteiger charge is -2.32. The quantitative estimate of drug-likeness (QED) is 0.269. The standard InChI is InChI=1S/C25H23F4IN2OS/c1-13-15(12-16-17(25(27,28)29)10-7-11-18(16)26)23-32(22(33)19(13)30)21(24(2,3)34-23)20(31)14-8-5-4-6-9-14/h4-11,20-21H,12,31H2,1-3H3. The number of hydrogen-bond acceptors (Lipinski definition) is 3. The average molecular weight is 602 g/mol. The molecule has 0 bridgehead atoms. The molecule has 2 aromatic carbocycles. The molecule has 1 aromatic heterocycles. The first kappa shape index (κ1) is 25.2. The summed E-state index contributed by atoms with van der Waals surface area (Å²) >= 11 is 3.33. The molecule has 0 saturated heterocycles. The van der Waals surface area contributed by atoms with Crippen LogP contribution in [0, 0.1) is 16.3 Å². The Morgan fingerprint density at radius 1 is 1.12 bits per heavy atom. The maximum atomic E-state index is 14.7. The van der Waals surface area contributed by atoms with E-state index in [4.69, 9.17) is 5.73 Å². The van der Waals surface area contributed by atoms with Crippen LogP contribution in [0.15, 0.2) is 58.4 Å². The average Bonchev–Trinajstić information content (AvgIpc) is 3.06. The molecular formula is C25H23F4IN2OS. The van der Waals surface area contributed by atoms with E-state index < -0.39 is 40.0 Å². The third-order valence-electron chi connectivity index (χ3n) is 6.32. The summed E-state index contributed by atoms with van der Waals surface area (Å²) in [6, 6.07) is 11.4. The van der Waals surface area contributed by atoms with Crippen LogP contribution >= 0.6 is 34.4 Å². The first-order valence-corrected chi connectivity index (χ1v) is 12.5. The molecule has 9 heteroatoms. The zero-order valence-electron chi connectivity index (χ0n) is 18.7. The van der Waals surface area contributed by atoms with Crippen molar-refractivity contribution in [1.82, 2.24) is 4.57 Å². The first-order valence-electron chi connectivity index (χ1n) is 10.6. The highest BCUT2D eigenvalue weighted by molar-refractivity contribution is 14.1. The van der Waals surface area contributed by atoms with Gasteiger partial charge in [-0.2, -0.15) is 13.2 Å². The minimum atomic E-state index is -4.70. The molecule has 0 spiro atoms. The van der Waals surface area contributed by atoms with Crippen molar-refractivity contribution in [3.63, 3.8) is 0 Å². The van der Waals surface area contributed by atoms with E-state index in [1.54, 1.807) is 11.5 Å². The number of hydrogen-bond donors (Lipinski definition) is 1. The number of alkyl halides is 3. The van der Waals surface area contributed by atoms with Crippen LogP contribution in [-0.2, 0) is 12.6 Å². The topological polar surface area (TPSA) is 48.0 Å². The smallest absolute Gasteiger partial charge is 0.322 e. The van der Waals surface area contributed by atoms with Crippen LogP contribution in [-0.4, -0.2) is 9.31 Å². The lowest BCUT2D eigenvalue weighted by molar-refractivity contribution is -0.138. The Hall–Kier alpha value is -1.85. The summed E-state index contributed by atoms with van der Waals surface area (Å²) in [7, 11) is 0. The summed E-state index contributed by atoms with van der Waals surface area (Å²) in [6.45, 7) is 5.63. The number of nitrogens with two attached hydrogens (primary N) is 1. The molecular weight excluding hydrogens is 579 g/mol. The van der Waals surface area contributed by atoms with Crippen molar-refractivity contribution in [1.29, 1.82) is 0 Å². The molecule has 0 saturated carbocycles. The summed E-state index contributed by atoms with van der Waals surface area (Å²) < 4.78 is 57.2. The second kappa shape index (κ2) is 8.98. The Morgan fingerprint density at radius 2 is 1.76 bits per heavy atom. The molecule has 0 fully saturated rings. The van der Waals surface area contributed by atoms with Gasteiger partial charge in [-0.3, -0.25) is 9.36 Å². The van der Waals surface area contributed by atoms with Crippen LogP contribution < -0.4 is 11.3 Å². The first-order chi connectivity index (χ1) is 15.8. The summed E-state index contributed by atoms with van der Waals surface area (Å²) in [6.07, 6.45) is -4.98. The third-order valence-corrected chi connectivity index (χ3v) is 8.99. The van der Waals surface area contributed by atoms with Crippen LogP contribution in [0.5, 0.6) is 0 Å². The molecule has 34 heavy (non-hydrogen) atoms. The van der Waals surface area contributed by atoms with E-state index >= 15 is 0 Å². The molecule has 1 aliphatic heterocycles. The number of aromatic nitrogens is 1. The van der Waals surface area contributed by atoms with Crippen molar-refractivity contribution in [2.75, 3.05) is 0 Å². The van der Waals surface area contributed by atoms with Gasteiger partial charge in [-0.1, -0.05) is 48.2 Å². The van der Waals surface area contributed by atoms with Crippen molar-refractivity contribution < 1.29 is 17.6 Å². The number of rotatable bonds is 4. The van der Waals surface area contributed by atoms with Gasteiger partial charge in [0.05, 0.1) is 26.2 Å². The lowest BCUT2D eigenvalue weighted by atomic mass is 9.90. The van der Waals surface area contributed by atoms with Crippen LogP contribution in [0.25, 0.3) is 0 Å². The molecule has 1 aliphatic rings. The van der Waals surface area contributed by atoms with Gasteiger partial charge < -0.3 is 5.73 Å². The number of fused-ring (bicyclic) bond motifs is 1. The van der Waals surface area contributed by atoms with Crippen molar-refractivity contribution in [2.24, 2.45) is 5.73 Å². The molecule has 3 aromatic rings. The van der Waals surface area contributed by atoms with E-state index in [0.717, 1.165) is 23.8 Å². The van der Waals surface area contributed by atoms with E-state index in [1.807, 2.05) is 66.8 Å². The monoisotopic (exact) mass is 602 g/mol. The molecule has 2 atom stereocenters. The summed E-state index contributed by atoms with van der Waals surface area (Å²) in [5.41, 5.74) is 6.93. The Kier molecular flexibility index (Phi) is 6.67. The molecule has 3 nitrogen and oxygen atoms in total. The molecule has 4 rings (SSSR count). The van der Waals surface area contributed by atoms with E-state index in [0.29, 0.717) is 19.7 Å². The van der Waals surface area contributed by atoms with Crippen molar-refractivity contribution in [2.45, 2.75) is 55.2 Å². The van der Waals surface area contributed by atoms with E-state index in [9.17, 15) is 22.4 Å². The molecule has 180 valence electrons. The number of pyridine rings is 1. The lowest BCUT2D eigenvalue weighted by Crippen LogP contribution is -2.39. The largest absolute Gasteiger partial charge is 0.416 e. The number of benzene rings is 2. The summed E-state index contributed by atoms with van der Waals surface area (Å²) in [5, 5.41) is 0.542. The number of halogens is 5. The van der Waals surface area contributed by atoms with Gasteiger partial charge in [0, 0.05) is 16.7 Å². The minimum Gasteiger partial charge on any atom is -0.322 e. The molecule has 0 aliphatic carbocycles. The highest BCUT2D eigenvalue weighted by Gasteiger charge is 2.46. The van der Waals surface area contributed by atoms with Gasteiger partial charge in [0.2, 0.25) is 0 Å². The van der Waals surface area contributed by atoms with Crippen molar-refractivity contribution in [3.05, 3.63) is 96.1 Å². The van der Waals surface area contributed by atoms with E-state index in [-0.39, 0.29) is 12.0 Å². The van der Waals surface area contributed by atoms with Crippen molar-refractivity contribution >= 4 is 34.4 Å². The van der Waals surface area contributed by atoms with Gasteiger partial charge in [0.1, 0.15) is 5.82 Å². The molecule has 2 heterocycles. The fraction of sp³-hybridized carbons (Fsp3) is 0.320. The van der Waals surface area contributed by atoms with Gasteiger partial charge >= 0.3 is 6.18 Å². The van der Waals surface area contributed by atoms with Gasteiger partial charge in [-0.05, 0) is 72.2 Å². The predicted octanol–water partition coefficient (Wildman–Crippen LogP) is 6.64. The highest BCUT2D eigenvalue weighted by atomic mass is 127. The number of thioether (sulfide) groups is 1. The fourth-order valence-electron chi connectivity index (χ4n) is 4.62. The van der Waals surface area contributed by atoms with E-state index in [1.165, 1.54) is 11.8 Å². The van der Waals surface area contributed by atoms with Crippen LogP contribution in [0.1, 0.15) is 53.7 Å². The Bertz CT molecular complexity index is 1300. The minimum absolute atomic E-state index is 0.240.